The van der Waals surface area contributed by atoms with Crippen molar-refractivity contribution in [2.75, 3.05) is 13.1 Å². The van der Waals surface area contributed by atoms with E-state index in [-0.39, 0.29) is 5.91 Å². The van der Waals surface area contributed by atoms with E-state index in [1.165, 1.54) is 10.9 Å². The largest absolute Gasteiger partial charge is 0.338 e. The van der Waals surface area contributed by atoms with Gasteiger partial charge in [-0.2, -0.15) is 0 Å². The molecule has 0 unspecified atom stereocenters. The van der Waals surface area contributed by atoms with Crippen molar-refractivity contribution in [1.29, 1.82) is 0 Å². The lowest BCUT2D eigenvalue weighted by Crippen LogP contribution is -2.29. The normalized spacial score (nSPS) is 17.2. The Morgan fingerprint density at radius 3 is 2.88 bits per heavy atom. The first kappa shape index (κ1) is 15.8. The van der Waals surface area contributed by atoms with Gasteiger partial charge in [0.1, 0.15) is 0 Å². The molecule has 1 fully saturated rings. The van der Waals surface area contributed by atoms with Crippen LogP contribution in [0, 0.1) is 12.8 Å². The van der Waals surface area contributed by atoms with Crippen molar-refractivity contribution >= 4 is 16.8 Å². The fraction of sp³-hybridized carbons (Fsp3) is 0.286. The van der Waals surface area contributed by atoms with Gasteiger partial charge in [0.05, 0.1) is 11.1 Å². The fourth-order valence-electron chi connectivity index (χ4n) is 3.71. The predicted octanol–water partition coefficient (Wildman–Crippen LogP) is 3.64. The number of benzene rings is 1. The zero-order valence-electron chi connectivity index (χ0n) is 14.4. The molecule has 0 radical (unpaired) electrons. The van der Waals surface area contributed by atoms with Crippen LogP contribution < -0.4 is 0 Å². The Labute approximate surface area is 147 Å². The van der Waals surface area contributed by atoms with Crippen molar-refractivity contribution in [2.45, 2.75) is 19.8 Å². The molecule has 3 aromatic rings. The summed E-state index contributed by atoms with van der Waals surface area (Å²) in [6.07, 6.45) is 5.64. The molecule has 4 heteroatoms. The highest BCUT2D eigenvalue weighted by Gasteiger charge is 2.28. The molecular formula is C21H21N3O. The number of fused-ring (bicyclic) bond motifs is 1. The third-order valence-corrected chi connectivity index (χ3v) is 5.06. The molecule has 0 N–H and O–H groups in total. The Hall–Kier alpha value is -2.75. The van der Waals surface area contributed by atoms with Crippen LogP contribution in [0.5, 0.6) is 0 Å². The summed E-state index contributed by atoms with van der Waals surface area (Å²) in [5.41, 5.74) is 3.88. The lowest BCUT2D eigenvalue weighted by molar-refractivity contribution is 0.0786. The second kappa shape index (κ2) is 6.63. The number of carbonyl (C=O) groups excluding carboxylic acids is 1. The molecule has 1 aliphatic heterocycles. The molecule has 4 rings (SSSR count). The monoisotopic (exact) mass is 331 g/mol. The van der Waals surface area contributed by atoms with E-state index in [1.54, 1.807) is 6.20 Å². The molecule has 0 aliphatic carbocycles. The second-order valence-electron chi connectivity index (χ2n) is 6.73. The highest BCUT2D eigenvalue weighted by Crippen LogP contribution is 2.26. The Bertz CT molecular complexity index is 916. The molecule has 3 heterocycles. The van der Waals surface area contributed by atoms with Crippen LogP contribution >= 0.6 is 0 Å². The average molecular weight is 331 g/mol. The second-order valence-corrected chi connectivity index (χ2v) is 6.73. The number of hydrogen-bond donors (Lipinski definition) is 0. The van der Waals surface area contributed by atoms with E-state index in [0.717, 1.165) is 42.7 Å². The van der Waals surface area contributed by atoms with Crippen LogP contribution in [-0.4, -0.2) is 33.9 Å². The molecule has 0 bridgehead atoms. The van der Waals surface area contributed by atoms with Crippen molar-refractivity contribution in [3.8, 4) is 0 Å². The van der Waals surface area contributed by atoms with Crippen LogP contribution in [0.1, 0.15) is 28.0 Å². The van der Waals surface area contributed by atoms with E-state index in [4.69, 9.17) is 0 Å². The van der Waals surface area contributed by atoms with Crippen molar-refractivity contribution < 1.29 is 4.79 Å². The quantitative estimate of drug-likeness (QED) is 0.736. The SMILES string of the molecule is Cc1ncccc1C(=O)N1CC[C@@H](Cc2ccnc3ccccc23)C1. The Kier molecular flexibility index (Phi) is 4.18. The minimum absolute atomic E-state index is 0.104. The van der Waals surface area contributed by atoms with Gasteiger partial charge in [0.2, 0.25) is 0 Å². The third kappa shape index (κ3) is 3.12. The summed E-state index contributed by atoms with van der Waals surface area (Å²) >= 11 is 0. The Balaban J connectivity index is 1.49. The van der Waals surface area contributed by atoms with Gasteiger partial charge in [-0.1, -0.05) is 18.2 Å². The first-order valence-corrected chi connectivity index (χ1v) is 8.76. The number of nitrogens with zero attached hydrogens (tertiary/aromatic N) is 3. The van der Waals surface area contributed by atoms with Gasteiger partial charge >= 0.3 is 0 Å². The number of hydrogen-bond acceptors (Lipinski definition) is 3. The smallest absolute Gasteiger partial charge is 0.255 e. The lowest BCUT2D eigenvalue weighted by Gasteiger charge is -2.18. The van der Waals surface area contributed by atoms with Crippen LogP contribution in [-0.2, 0) is 6.42 Å². The predicted molar refractivity (Wildman–Crippen MR) is 98.4 cm³/mol. The van der Waals surface area contributed by atoms with Gasteiger partial charge in [0, 0.05) is 36.6 Å². The highest BCUT2D eigenvalue weighted by atomic mass is 16.2. The van der Waals surface area contributed by atoms with E-state index in [9.17, 15) is 4.79 Å². The molecule has 1 atom stereocenters. The van der Waals surface area contributed by atoms with Crippen molar-refractivity contribution in [1.82, 2.24) is 14.9 Å². The van der Waals surface area contributed by atoms with Gasteiger partial charge < -0.3 is 4.90 Å². The molecule has 0 saturated carbocycles. The molecule has 0 spiro atoms. The number of likely N-dealkylation sites (tertiary alicyclic amines) is 1. The average Bonchev–Trinajstić information content (AvgIpc) is 3.10. The minimum Gasteiger partial charge on any atom is -0.338 e. The van der Waals surface area contributed by atoms with Crippen LogP contribution in [0.15, 0.2) is 54.9 Å². The minimum atomic E-state index is 0.104. The van der Waals surface area contributed by atoms with Crippen molar-refractivity contribution in [3.63, 3.8) is 0 Å². The Morgan fingerprint density at radius 2 is 2.00 bits per heavy atom. The van der Waals surface area contributed by atoms with Crippen LogP contribution in [0.3, 0.4) is 0 Å². The lowest BCUT2D eigenvalue weighted by atomic mass is 9.96. The molecular weight excluding hydrogens is 310 g/mol. The van der Waals surface area contributed by atoms with Gasteiger partial charge in [-0.3, -0.25) is 14.8 Å². The van der Waals surface area contributed by atoms with Crippen LogP contribution in [0.4, 0.5) is 0 Å². The van der Waals surface area contributed by atoms with Gasteiger partial charge in [-0.15, -0.1) is 0 Å². The van der Waals surface area contributed by atoms with E-state index in [1.807, 2.05) is 36.2 Å². The molecule has 1 saturated heterocycles. The molecule has 126 valence electrons. The van der Waals surface area contributed by atoms with E-state index in [2.05, 4.69) is 34.2 Å². The zero-order valence-corrected chi connectivity index (χ0v) is 14.4. The standard InChI is InChI=1S/C21H21N3O/c1-15-18(6-4-10-22-15)21(25)24-12-9-16(14-24)13-17-8-11-23-20-7-3-2-5-19(17)20/h2-8,10-11,16H,9,12-14H2,1H3/t16-/m0/s1. The first-order valence-electron chi connectivity index (χ1n) is 8.76. The van der Waals surface area contributed by atoms with Gasteiger partial charge in [-0.05, 0) is 55.5 Å². The van der Waals surface area contributed by atoms with Crippen LogP contribution in [0.2, 0.25) is 0 Å². The summed E-state index contributed by atoms with van der Waals surface area (Å²) in [5, 5.41) is 1.22. The number of pyridine rings is 2. The summed E-state index contributed by atoms with van der Waals surface area (Å²) in [7, 11) is 0. The molecule has 25 heavy (non-hydrogen) atoms. The summed E-state index contributed by atoms with van der Waals surface area (Å²) in [5.74, 6) is 0.597. The maximum Gasteiger partial charge on any atom is 0.255 e. The molecule has 4 nitrogen and oxygen atoms in total. The maximum absolute atomic E-state index is 12.8. The van der Waals surface area contributed by atoms with Gasteiger partial charge in [-0.25, -0.2) is 0 Å². The number of carbonyl (C=O) groups is 1. The number of aromatic nitrogens is 2. The molecule has 1 amide bonds. The topological polar surface area (TPSA) is 46.1 Å². The summed E-state index contributed by atoms with van der Waals surface area (Å²) in [4.78, 5) is 23.4. The fourth-order valence-corrected chi connectivity index (χ4v) is 3.71. The number of aryl methyl sites for hydroxylation is 1. The number of rotatable bonds is 3. The van der Waals surface area contributed by atoms with Crippen LogP contribution in [0.25, 0.3) is 10.9 Å². The van der Waals surface area contributed by atoms with E-state index >= 15 is 0 Å². The molecule has 2 aromatic heterocycles. The Morgan fingerprint density at radius 1 is 1.12 bits per heavy atom. The van der Waals surface area contributed by atoms with E-state index in [0.29, 0.717) is 5.92 Å². The summed E-state index contributed by atoms with van der Waals surface area (Å²) in [6, 6.07) is 14.1. The third-order valence-electron chi connectivity index (χ3n) is 5.06. The molecule has 1 aliphatic rings. The summed E-state index contributed by atoms with van der Waals surface area (Å²) < 4.78 is 0. The summed E-state index contributed by atoms with van der Waals surface area (Å²) in [6.45, 7) is 3.52. The van der Waals surface area contributed by atoms with Crippen molar-refractivity contribution in [2.24, 2.45) is 5.92 Å². The van der Waals surface area contributed by atoms with Crippen molar-refractivity contribution in [3.05, 3.63) is 71.7 Å². The van der Waals surface area contributed by atoms with E-state index < -0.39 is 0 Å². The molecule has 1 aromatic carbocycles. The zero-order chi connectivity index (χ0) is 17.2. The maximum atomic E-state index is 12.8. The number of amides is 1. The highest BCUT2D eigenvalue weighted by molar-refractivity contribution is 5.95. The van der Waals surface area contributed by atoms with Gasteiger partial charge in [0.15, 0.2) is 0 Å². The number of para-hydroxylation sites is 1. The van der Waals surface area contributed by atoms with Gasteiger partial charge in [0.25, 0.3) is 5.91 Å². The first-order chi connectivity index (χ1) is 12.2.